The van der Waals surface area contributed by atoms with Crippen molar-refractivity contribution >= 4 is 11.7 Å². The molecule has 1 aromatic heterocycles. The number of aryl methyl sites for hydroxylation is 1. The first-order valence-corrected chi connectivity index (χ1v) is 7.84. The summed E-state index contributed by atoms with van der Waals surface area (Å²) in [4.78, 5) is 16.4. The molecule has 23 heavy (non-hydrogen) atoms. The van der Waals surface area contributed by atoms with Crippen LogP contribution in [-0.2, 0) is 7.05 Å². The molecule has 6 heteroatoms. The van der Waals surface area contributed by atoms with E-state index in [4.69, 9.17) is 0 Å². The number of likely N-dealkylation sites (tertiary alicyclic amines) is 1. The molecule has 0 radical (unpaired) electrons. The number of amides is 2. The third kappa shape index (κ3) is 3.53. The highest BCUT2D eigenvalue weighted by molar-refractivity contribution is 5.89. The molecule has 0 saturated carbocycles. The Hall–Kier alpha value is -2.34. The summed E-state index contributed by atoms with van der Waals surface area (Å²) in [6.45, 7) is 1.98. The smallest absolute Gasteiger partial charge is 0.321 e. The molecule has 1 N–H and O–H groups in total. The predicted molar refractivity (Wildman–Crippen MR) is 91.3 cm³/mol. The van der Waals surface area contributed by atoms with Crippen LogP contribution >= 0.6 is 0 Å². The zero-order valence-electron chi connectivity index (χ0n) is 13.9. The quantitative estimate of drug-likeness (QED) is 0.945. The summed E-state index contributed by atoms with van der Waals surface area (Å²) < 4.78 is 1.78. The maximum atomic E-state index is 12.3. The van der Waals surface area contributed by atoms with Gasteiger partial charge >= 0.3 is 6.03 Å². The minimum atomic E-state index is -0.0561. The van der Waals surface area contributed by atoms with E-state index in [0.29, 0.717) is 0 Å². The minimum absolute atomic E-state index is 0.0561. The summed E-state index contributed by atoms with van der Waals surface area (Å²) in [7, 11) is 5.85. The second-order valence-corrected chi connectivity index (χ2v) is 6.23. The van der Waals surface area contributed by atoms with Crippen molar-refractivity contribution in [3.05, 3.63) is 36.7 Å². The van der Waals surface area contributed by atoms with Crippen LogP contribution in [0.3, 0.4) is 0 Å². The van der Waals surface area contributed by atoms with Crippen molar-refractivity contribution in [3.8, 4) is 11.1 Å². The second kappa shape index (κ2) is 6.42. The summed E-state index contributed by atoms with van der Waals surface area (Å²) in [5.41, 5.74) is 2.96. The van der Waals surface area contributed by atoms with E-state index in [1.54, 1.807) is 9.58 Å². The normalized spacial score (nSPS) is 18.1. The fourth-order valence-corrected chi connectivity index (χ4v) is 2.92. The van der Waals surface area contributed by atoms with Crippen molar-refractivity contribution < 1.29 is 4.79 Å². The van der Waals surface area contributed by atoms with Gasteiger partial charge in [-0.05, 0) is 37.7 Å². The Morgan fingerprint density at radius 1 is 1.26 bits per heavy atom. The van der Waals surface area contributed by atoms with E-state index in [1.807, 2.05) is 50.8 Å². The van der Waals surface area contributed by atoms with Gasteiger partial charge in [-0.1, -0.05) is 12.1 Å². The number of carbonyl (C=O) groups excluding carboxylic acids is 1. The molecule has 1 saturated heterocycles. The van der Waals surface area contributed by atoms with Gasteiger partial charge in [0.25, 0.3) is 0 Å². The molecule has 1 aliphatic heterocycles. The minimum Gasteiger partial charge on any atom is -0.323 e. The largest absolute Gasteiger partial charge is 0.323 e. The van der Waals surface area contributed by atoms with Gasteiger partial charge in [-0.3, -0.25) is 4.68 Å². The van der Waals surface area contributed by atoms with Crippen LogP contribution in [0.15, 0.2) is 36.7 Å². The van der Waals surface area contributed by atoms with Crippen LogP contribution in [0.2, 0.25) is 0 Å². The molecule has 0 spiro atoms. The number of hydrogen-bond acceptors (Lipinski definition) is 3. The van der Waals surface area contributed by atoms with E-state index in [1.165, 1.54) is 0 Å². The third-order valence-corrected chi connectivity index (χ3v) is 4.41. The van der Waals surface area contributed by atoms with Crippen molar-refractivity contribution in [1.82, 2.24) is 19.6 Å². The number of hydrogen-bond donors (Lipinski definition) is 1. The summed E-state index contributed by atoms with van der Waals surface area (Å²) in [6.07, 6.45) is 4.83. The first kappa shape index (κ1) is 15.6. The number of nitrogens with zero attached hydrogens (tertiary/aromatic N) is 4. The van der Waals surface area contributed by atoms with E-state index in [0.717, 1.165) is 36.3 Å². The topological polar surface area (TPSA) is 53.4 Å². The van der Waals surface area contributed by atoms with Gasteiger partial charge in [-0.25, -0.2) is 4.79 Å². The highest BCUT2D eigenvalue weighted by atomic mass is 16.2. The van der Waals surface area contributed by atoms with Crippen LogP contribution in [0.1, 0.15) is 6.42 Å². The zero-order chi connectivity index (χ0) is 16.4. The van der Waals surface area contributed by atoms with E-state index >= 15 is 0 Å². The lowest BCUT2D eigenvalue weighted by Gasteiger charge is -2.24. The van der Waals surface area contributed by atoms with Crippen molar-refractivity contribution in [1.29, 1.82) is 0 Å². The monoisotopic (exact) mass is 313 g/mol. The van der Waals surface area contributed by atoms with Crippen molar-refractivity contribution in [2.24, 2.45) is 7.05 Å². The van der Waals surface area contributed by atoms with E-state index in [2.05, 4.69) is 22.4 Å². The number of anilines is 1. The number of nitrogens with one attached hydrogen (secondary N) is 1. The SMILES string of the molecule is CN1CCC(N(C)C(=O)Nc2ccc(-c3cnn(C)c3)cc2)C1. The lowest BCUT2D eigenvalue weighted by atomic mass is 10.1. The van der Waals surface area contributed by atoms with Gasteiger partial charge in [0.05, 0.1) is 6.20 Å². The first-order chi connectivity index (χ1) is 11.0. The molecule has 0 aliphatic carbocycles. The van der Waals surface area contributed by atoms with Gasteiger partial charge in [0.15, 0.2) is 0 Å². The third-order valence-electron chi connectivity index (χ3n) is 4.41. The molecule has 6 nitrogen and oxygen atoms in total. The van der Waals surface area contributed by atoms with Crippen molar-refractivity contribution in [2.75, 3.05) is 32.5 Å². The number of likely N-dealkylation sites (N-methyl/N-ethyl adjacent to an activating group) is 2. The Morgan fingerprint density at radius 2 is 2.00 bits per heavy atom. The van der Waals surface area contributed by atoms with Crippen LogP contribution < -0.4 is 5.32 Å². The molecular weight excluding hydrogens is 290 g/mol. The summed E-state index contributed by atoms with van der Waals surface area (Å²) in [6, 6.07) is 8.07. The summed E-state index contributed by atoms with van der Waals surface area (Å²) in [5, 5.41) is 7.14. The lowest BCUT2D eigenvalue weighted by Crippen LogP contribution is -2.41. The van der Waals surface area contributed by atoms with Crippen LogP contribution in [-0.4, -0.2) is 58.8 Å². The highest BCUT2D eigenvalue weighted by Gasteiger charge is 2.26. The summed E-state index contributed by atoms with van der Waals surface area (Å²) in [5.74, 6) is 0. The van der Waals surface area contributed by atoms with Crippen LogP contribution in [0.5, 0.6) is 0 Å². The Kier molecular flexibility index (Phi) is 4.34. The van der Waals surface area contributed by atoms with Crippen LogP contribution in [0.25, 0.3) is 11.1 Å². The molecule has 2 aromatic rings. The second-order valence-electron chi connectivity index (χ2n) is 6.23. The number of carbonyl (C=O) groups is 1. The predicted octanol–water partition coefficient (Wildman–Crippen LogP) is 2.25. The Bertz CT molecular complexity index is 679. The maximum Gasteiger partial charge on any atom is 0.321 e. The maximum absolute atomic E-state index is 12.3. The standard InChI is InChI=1S/C17H23N5O/c1-20-9-8-16(12-20)22(3)17(23)19-15-6-4-13(5-7-15)14-10-18-21(2)11-14/h4-7,10-11,16H,8-9,12H2,1-3H3,(H,19,23). The average Bonchev–Trinajstić information content (AvgIpc) is 3.16. The van der Waals surface area contributed by atoms with Crippen LogP contribution in [0, 0.1) is 0 Å². The molecule has 1 fully saturated rings. The molecule has 2 amide bonds. The lowest BCUT2D eigenvalue weighted by molar-refractivity contribution is 0.204. The fraction of sp³-hybridized carbons (Fsp3) is 0.412. The molecule has 3 rings (SSSR count). The molecule has 1 aromatic carbocycles. The molecule has 0 bridgehead atoms. The zero-order valence-corrected chi connectivity index (χ0v) is 13.9. The van der Waals surface area contributed by atoms with Gasteiger partial charge in [0, 0.05) is 44.1 Å². The fourth-order valence-electron chi connectivity index (χ4n) is 2.92. The van der Waals surface area contributed by atoms with Gasteiger partial charge in [-0.15, -0.1) is 0 Å². The Morgan fingerprint density at radius 3 is 2.57 bits per heavy atom. The van der Waals surface area contributed by atoms with Gasteiger partial charge in [0.1, 0.15) is 0 Å². The van der Waals surface area contributed by atoms with E-state index in [9.17, 15) is 4.79 Å². The molecule has 1 atom stereocenters. The number of aromatic nitrogens is 2. The molecule has 122 valence electrons. The molecule has 1 unspecified atom stereocenters. The van der Waals surface area contributed by atoms with Gasteiger partial charge in [-0.2, -0.15) is 5.10 Å². The number of rotatable bonds is 3. The van der Waals surface area contributed by atoms with Crippen LogP contribution in [0.4, 0.5) is 10.5 Å². The highest BCUT2D eigenvalue weighted by Crippen LogP contribution is 2.21. The van der Waals surface area contributed by atoms with Crippen molar-refractivity contribution in [2.45, 2.75) is 12.5 Å². The Labute approximate surface area is 136 Å². The first-order valence-electron chi connectivity index (χ1n) is 7.84. The molecule has 2 heterocycles. The average molecular weight is 313 g/mol. The van der Waals surface area contributed by atoms with Gasteiger partial charge in [0.2, 0.25) is 0 Å². The number of urea groups is 1. The number of benzene rings is 1. The van der Waals surface area contributed by atoms with E-state index in [-0.39, 0.29) is 12.1 Å². The van der Waals surface area contributed by atoms with Crippen molar-refractivity contribution in [3.63, 3.8) is 0 Å². The van der Waals surface area contributed by atoms with E-state index < -0.39 is 0 Å². The molecular formula is C17H23N5O. The summed E-state index contributed by atoms with van der Waals surface area (Å²) >= 11 is 0. The molecule has 1 aliphatic rings. The van der Waals surface area contributed by atoms with Gasteiger partial charge < -0.3 is 15.1 Å². The Balaban J connectivity index is 1.62.